The van der Waals surface area contributed by atoms with Gasteiger partial charge in [-0.05, 0) is 49.9 Å². The fraction of sp³-hybridized carbons (Fsp3) is 0.588. The summed E-state index contributed by atoms with van der Waals surface area (Å²) in [4.78, 5) is 14.5. The molecule has 5 nitrogen and oxygen atoms in total. The molecule has 1 saturated carbocycles. The van der Waals surface area contributed by atoms with Crippen LogP contribution in [0, 0.1) is 11.8 Å². The molecule has 1 saturated heterocycles. The molecule has 5 heteroatoms. The number of hydrogen-bond acceptors (Lipinski definition) is 5. The number of phenols is 2. The minimum absolute atomic E-state index is 0.134. The third kappa shape index (κ3) is 1.75. The molecule has 0 amide bonds. The zero-order valence-electron chi connectivity index (χ0n) is 12.6. The van der Waals surface area contributed by atoms with Crippen molar-refractivity contribution in [3.8, 4) is 11.5 Å². The highest BCUT2D eigenvalue weighted by Gasteiger charge is 2.53. The van der Waals surface area contributed by atoms with Crippen molar-refractivity contribution in [2.24, 2.45) is 11.8 Å². The Morgan fingerprint density at radius 2 is 2.00 bits per heavy atom. The molecule has 5 atom stereocenters. The van der Waals surface area contributed by atoms with E-state index in [1.807, 2.05) is 6.07 Å². The van der Waals surface area contributed by atoms with E-state index in [1.165, 1.54) is 6.07 Å². The Bertz CT molecular complexity index is 644. The lowest BCUT2D eigenvalue weighted by atomic mass is 9.57. The normalized spacial score (nSPS) is 37.5. The molecular formula is C17H21NO4. The summed E-state index contributed by atoms with van der Waals surface area (Å²) < 4.78 is 0. The summed E-state index contributed by atoms with van der Waals surface area (Å²) in [6.45, 7) is 0.960. The Morgan fingerprint density at radius 3 is 2.77 bits per heavy atom. The summed E-state index contributed by atoms with van der Waals surface area (Å²) in [5, 5.41) is 30.7. The number of piperidine rings is 1. The number of benzene rings is 1. The highest BCUT2D eigenvalue weighted by molar-refractivity contribution is 5.86. The van der Waals surface area contributed by atoms with Gasteiger partial charge < -0.3 is 20.2 Å². The molecule has 0 spiro atoms. The lowest BCUT2D eigenvalue weighted by Gasteiger charge is -2.54. The van der Waals surface area contributed by atoms with Gasteiger partial charge in [-0.3, -0.25) is 4.79 Å². The first kappa shape index (κ1) is 14.0. The Balaban J connectivity index is 1.91. The van der Waals surface area contributed by atoms with Crippen molar-refractivity contribution in [3.05, 3.63) is 23.3 Å². The molecule has 0 bridgehead atoms. The maximum absolute atomic E-state index is 12.2. The molecule has 1 heterocycles. The first-order chi connectivity index (χ1) is 10.5. The Kier molecular flexibility index (Phi) is 3.00. The fourth-order valence-corrected chi connectivity index (χ4v) is 4.95. The van der Waals surface area contributed by atoms with Crippen LogP contribution in [0.1, 0.15) is 29.9 Å². The molecule has 2 aliphatic carbocycles. The molecule has 22 heavy (non-hydrogen) atoms. The van der Waals surface area contributed by atoms with E-state index in [0.29, 0.717) is 12.0 Å². The lowest BCUT2D eigenvalue weighted by Crippen LogP contribution is -2.58. The summed E-state index contributed by atoms with van der Waals surface area (Å²) in [6, 6.07) is 3.58. The number of aliphatic hydroxyl groups is 1. The van der Waals surface area contributed by atoms with Crippen LogP contribution in [0.25, 0.3) is 0 Å². The van der Waals surface area contributed by atoms with Gasteiger partial charge in [-0.15, -0.1) is 0 Å². The van der Waals surface area contributed by atoms with Crippen molar-refractivity contribution in [1.82, 2.24) is 4.90 Å². The molecule has 4 unspecified atom stereocenters. The van der Waals surface area contributed by atoms with Gasteiger partial charge in [0, 0.05) is 23.9 Å². The standard InChI is InChI=1S/C17H21NO4/c1-18-5-4-9-7-12(20)17(22)15-13(9)10(18)6-8-2-3-11(19)16(21)14(8)15/h2-3,9-10,13,15,17,19,21-22H,4-7H2,1H3/t9?,10?,13-,15?,17?/m0/s1. The van der Waals surface area contributed by atoms with E-state index in [1.54, 1.807) is 0 Å². The smallest absolute Gasteiger partial charge is 0.162 e. The molecule has 2 fully saturated rings. The molecular weight excluding hydrogens is 282 g/mol. The van der Waals surface area contributed by atoms with Gasteiger partial charge in [0.2, 0.25) is 0 Å². The quantitative estimate of drug-likeness (QED) is 0.623. The second-order valence-corrected chi connectivity index (χ2v) is 7.03. The number of fused-ring (bicyclic) bond motifs is 2. The Hall–Kier alpha value is -1.59. The monoisotopic (exact) mass is 303 g/mol. The largest absolute Gasteiger partial charge is 0.504 e. The average Bonchev–Trinajstić information content (AvgIpc) is 2.50. The Morgan fingerprint density at radius 1 is 1.23 bits per heavy atom. The van der Waals surface area contributed by atoms with Gasteiger partial charge in [0.1, 0.15) is 6.10 Å². The summed E-state index contributed by atoms with van der Waals surface area (Å²) in [6.07, 6.45) is 1.09. The number of phenolic OH excluding ortho intramolecular Hbond substituents is 2. The van der Waals surface area contributed by atoms with Crippen molar-refractivity contribution < 1.29 is 20.1 Å². The second-order valence-electron chi connectivity index (χ2n) is 7.03. The van der Waals surface area contributed by atoms with E-state index < -0.39 is 12.0 Å². The van der Waals surface area contributed by atoms with Crippen molar-refractivity contribution in [2.45, 2.75) is 37.3 Å². The van der Waals surface area contributed by atoms with E-state index in [4.69, 9.17) is 0 Å². The first-order valence-corrected chi connectivity index (χ1v) is 7.93. The number of Topliss-reactive ketones (excluding diaryl/α,β-unsaturated/α-hetero) is 1. The molecule has 3 N–H and O–H groups in total. The number of rotatable bonds is 0. The SMILES string of the molecule is CN1CCC2CC(=O)C(O)C3c4c(ccc(O)c4O)CC1[C@H]23. The number of likely N-dealkylation sites (tertiary alicyclic amines) is 1. The predicted octanol–water partition coefficient (Wildman–Crippen LogP) is 1.01. The number of likely N-dealkylation sites (N-methyl/N-ethyl adjacent to an activating group) is 1. The van der Waals surface area contributed by atoms with Crippen molar-refractivity contribution in [3.63, 3.8) is 0 Å². The third-order valence-corrected chi connectivity index (χ3v) is 6.00. The van der Waals surface area contributed by atoms with Crippen LogP contribution in [0.4, 0.5) is 0 Å². The van der Waals surface area contributed by atoms with E-state index in [9.17, 15) is 20.1 Å². The first-order valence-electron chi connectivity index (χ1n) is 7.93. The summed E-state index contributed by atoms with van der Waals surface area (Å²) in [7, 11) is 2.09. The van der Waals surface area contributed by atoms with Crippen LogP contribution in [0.3, 0.4) is 0 Å². The van der Waals surface area contributed by atoms with E-state index in [0.717, 1.165) is 24.9 Å². The minimum Gasteiger partial charge on any atom is -0.504 e. The van der Waals surface area contributed by atoms with Crippen molar-refractivity contribution in [1.29, 1.82) is 0 Å². The summed E-state index contributed by atoms with van der Waals surface area (Å²) in [5.74, 6) is -0.464. The molecule has 1 aliphatic heterocycles. The van der Waals surface area contributed by atoms with Crippen LogP contribution in [0.5, 0.6) is 11.5 Å². The average molecular weight is 303 g/mol. The molecule has 118 valence electrons. The minimum atomic E-state index is -1.08. The number of aromatic hydroxyl groups is 2. The number of hydrogen-bond donors (Lipinski definition) is 3. The van der Waals surface area contributed by atoms with Crippen molar-refractivity contribution in [2.75, 3.05) is 13.6 Å². The second kappa shape index (κ2) is 4.70. The summed E-state index contributed by atoms with van der Waals surface area (Å²) >= 11 is 0. The molecule has 4 rings (SSSR count). The fourth-order valence-electron chi connectivity index (χ4n) is 4.95. The number of aliphatic hydroxyl groups excluding tert-OH is 1. The van der Waals surface area contributed by atoms with Crippen LogP contribution in [-0.2, 0) is 11.2 Å². The van der Waals surface area contributed by atoms with Gasteiger partial charge >= 0.3 is 0 Å². The maximum atomic E-state index is 12.2. The topological polar surface area (TPSA) is 81.0 Å². The van der Waals surface area contributed by atoms with Crippen LogP contribution >= 0.6 is 0 Å². The molecule has 1 aromatic carbocycles. The van der Waals surface area contributed by atoms with Crippen LogP contribution in [-0.4, -0.2) is 51.7 Å². The van der Waals surface area contributed by atoms with Gasteiger partial charge in [0.05, 0.1) is 0 Å². The molecule has 0 radical (unpaired) electrons. The van der Waals surface area contributed by atoms with Gasteiger partial charge in [-0.1, -0.05) is 6.07 Å². The number of carbonyl (C=O) groups is 1. The zero-order valence-corrected chi connectivity index (χ0v) is 12.6. The third-order valence-electron chi connectivity index (χ3n) is 6.00. The van der Waals surface area contributed by atoms with E-state index in [-0.39, 0.29) is 35.2 Å². The molecule has 3 aliphatic rings. The van der Waals surface area contributed by atoms with E-state index >= 15 is 0 Å². The summed E-state index contributed by atoms with van der Waals surface area (Å²) in [5.41, 5.74) is 1.52. The van der Waals surface area contributed by atoms with Crippen LogP contribution in [0.15, 0.2) is 12.1 Å². The number of ketones is 1. The van der Waals surface area contributed by atoms with Gasteiger partial charge in [-0.25, -0.2) is 0 Å². The van der Waals surface area contributed by atoms with Gasteiger partial charge in [0.15, 0.2) is 17.3 Å². The highest BCUT2D eigenvalue weighted by atomic mass is 16.3. The maximum Gasteiger partial charge on any atom is 0.162 e. The number of carbonyl (C=O) groups excluding carboxylic acids is 1. The van der Waals surface area contributed by atoms with Gasteiger partial charge in [-0.2, -0.15) is 0 Å². The molecule has 0 aromatic heterocycles. The Labute approximate surface area is 129 Å². The number of nitrogens with zero attached hydrogens (tertiary/aromatic N) is 1. The lowest BCUT2D eigenvalue weighted by molar-refractivity contribution is -0.139. The molecule has 1 aromatic rings. The zero-order chi connectivity index (χ0) is 15.6. The van der Waals surface area contributed by atoms with Gasteiger partial charge in [0.25, 0.3) is 0 Å². The van der Waals surface area contributed by atoms with E-state index in [2.05, 4.69) is 11.9 Å². The predicted molar refractivity (Wildman–Crippen MR) is 79.9 cm³/mol. The highest BCUT2D eigenvalue weighted by Crippen LogP contribution is 2.54. The van der Waals surface area contributed by atoms with Crippen LogP contribution in [0.2, 0.25) is 0 Å². The van der Waals surface area contributed by atoms with Crippen LogP contribution < -0.4 is 0 Å². The van der Waals surface area contributed by atoms with Crippen molar-refractivity contribution >= 4 is 5.78 Å².